The van der Waals surface area contributed by atoms with E-state index in [1.54, 1.807) is 6.07 Å². The van der Waals surface area contributed by atoms with Crippen molar-refractivity contribution in [1.82, 2.24) is 0 Å². The lowest BCUT2D eigenvalue weighted by Gasteiger charge is -2.46. The number of benzene rings is 2. The van der Waals surface area contributed by atoms with Crippen LogP contribution in [-0.4, -0.2) is 114 Å². The molecule has 0 bridgehead atoms. The molecule has 2 heterocycles. The molecule has 2 aromatic carbocycles. The molecule has 2 saturated heterocycles. The monoisotopic (exact) mass is 606 g/mol. The molecule has 11 heteroatoms. The zero-order valence-electron chi connectivity index (χ0n) is 25.3. The van der Waals surface area contributed by atoms with Gasteiger partial charge < -0.3 is 55.1 Å². The minimum absolute atomic E-state index is 0.132. The van der Waals surface area contributed by atoms with Gasteiger partial charge in [0.05, 0.1) is 19.3 Å². The van der Waals surface area contributed by atoms with Crippen LogP contribution in [0.25, 0.3) is 0 Å². The lowest BCUT2D eigenvalue weighted by molar-refractivity contribution is -0.315. The Morgan fingerprint density at radius 1 is 0.814 bits per heavy atom. The van der Waals surface area contributed by atoms with E-state index in [0.29, 0.717) is 12.2 Å². The van der Waals surface area contributed by atoms with Gasteiger partial charge in [-0.1, -0.05) is 37.3 Å². The molecular weight excluding hydrogens is 560 g/mol. The summed E-state index contributed by atoms with van der Waals surface area (Å²) in [6.45, 7) is 7.64. The highest BCUT2D eigenvalue weighted by molar-refractivity contribution is 5.39. The fraction of sp³-hybridized carbons (Fsp3) is 0.625. The van der Waals surface area contributed by atoms with E-state index in [1.165, 1.54) is 13.8 Å². The van der Waals surface area contributed by atoms with Crippen molar-refractivity contribution in [1.29, 1.82) is 0 Å². The van der Waals surface area contributed by atoms with E-state index < -0.39 is 73.4 Å². The molecule has 0 aromatic heterocycles. The topological polar surface area (TPSA) is 190 Å². The average molecular weight is 607 g/mol. The molecule has 2 aromatic rings. The summed E-state index contributed by atoms with van der Waals surface area (Å²) in [5, 5.41) is 81.7. The third-order valence-corrected chi connectivity index (χ3v) is 9.09. The van der Waals surface area contributed by atoms with Gasteiger partial charge in [0.1, 0.15) is 48.0 Å². The molecule has 2 aliphatic rings. The van der Waals surface area contributed by atoms with Gasteiger partial charge in [-0.15, -0.1) is 0 Å². The largest absolute Gasteiger partial charge is 0.461 e. The second-order valence-corrected chi connectivity index (χ2v) is 12.6. The predicted octanol–water partition coefficient (Wildman–Crippen LogP) is -0.00656. The van der Waals surface area contributed by atoms with Crippen molar-refractivity contribution in [3.8, 4) is 5.75 Å². The van der Waals surface area contributed by atoms with E-state index in [-0.39, 0.29) is 5.92 Å². The summed E-state index contributed by atoms with van der Waals surface area (Å²) in [5.41, 5.74) is 1.23. The lowest BCUT2D eigenvalue weighted by Crippen LogP contribution is -2.66. The summed E-state index contributed by atoms with van der Waals surface area (Å²) >= 11 is 0. The zero-order chi connectivity index (χ0) is 31.9. The minimum atomic E-state index is -1.91. The van der Waals surface area contributed by atoms with E-state index in [2.05, 4.69) is 13.0 Å². The zero-order valence-corrected chi connectivity index (χ0v) is 25.3. The van der Waals surface area contributed by atoms with E-state index in [0.717, 1.165) is 34.2 Å². The van der Waals surface area contributed by atoms with Crippen LogP contribution in [0.1, 0.15) is 54.5 Å². The molecule has 2 fully saturated rings. The summed E-state index contributed by atoms with van der Waals surface area (Å²) in [7, 11) is 0. The van der Waals surface area contributed by atoms with Gasteiger partial charge in [0.25, 0.3) is 0 Å². The van der Waals surface area contributed by atoms with Crippen molar-refractivity contribution in [2.45, 2.75) is 114 Å². The van der Waals surface area contributed by atoms with Crippen molar-refractivity contribution >= 4 is 0 Å². The fourth-order valence-electron chi connectivity index (χ4n) is 5.95. The van der Waals surface area contributed by atoms with Crippen molar-refractivity contribution in [3.05, 3.63) is 64.2 Å². The number of hydrogen-bond acceptors (Lipinski definition) is 11. The fourth-order valence-corrected chi connectivity index (χ4v) is 5.95. The van der Waals surface area contributed by atoms with Gasteiger partial charge in [0.15, 0.2) is 5.60 Å². The van der Waals surface area contributed by atoms with Gasteiger partial charge in [0.2, 0.25) is 6.29 Å². The van der Waals surface area contributed by atoms with E-state index in [4.69, 9.17) is 14.2 Å². The third-order valence-electron chi connectivity index (χ3n) is 9.09. The van der Waals surface area contributed by atoms with Crippen LogP contribution in [-0.2, 0) is 22.3 Å². The second-order valence-electron chi connectivity index (χ2n) is 12.6. The number of rotatable bonds is 9. The highest BCUT2D eigenvalue weighted by Crippen LogP contribution is 2.35. The maximum absolute atomic E-state index is 10.9. The Morgan fingerprint density at radius 3 is 2.00 bits per heavy atom. The van der Waals surface area contributed by atoms with Crippen LogP contribution in [0, 0.1) is 13.8 Å². The first kappa shape index (κ1) is 33.7. The number of aliphatic hydroxyl groups is 8. The predicted molar refractivity (Wildman–Crippen MR) is 156 cm³/mol. The van der Waals surface area contributed by atoms with Crippen molar-refractivity contribution in [2.75, 3.05) is 13.2 Å². The highest BCUT2D eigenvalue weighted by Gasteiger charge is 2.53. The standard InChI is InChI=1S/C32H46O11/c1-16(20-8-9-22(18(3)12-20)42-30-32(5,40)29(38)27(36)24(15-34)43-30)10-19-6-7-21(17(2)11-19)13-25-31(4,39)28(37)26(35)23(14-33)41-25/h6-9,11-12,16,23-30,33-40H,10,13-15H2,1-5H3/t16?,23-,24-,25-,26-,27-,28+,29+,30+,31-,32+/m1/s1. The minimum Gasteiger partial charge on any atom is -0.461 e. The molecule has 8 N–H and O–H groups in total. The summed E-state index contributed by atoms with van der Waals surface area (Å²) < 4.78 is 17.2. The molecule has 2 aliphatic heterocycles. The van der Waals surface area contributed by atoms with Crippen molar-refractivity contribution in [3.63, 3.8) is 0 Å². The van der Waals surface area contributed by atoms with Crippen LogP contribution in [0.2, 0.25) is 0 Å². The molecule has 0 saturated carbocycles. The molecule has 0 aliphatic carbocycles. The Balaban J connectivity index is 1.43. The van der Waals surface area contributed by atoms with Gasteiger partial charge >= 0.3 is 0 Å². The first-order chi connectivity index (χ1) is 20.1. The average Bonchev–Trinajstić information content (AvgIpc) is 2.96. The summed E-state index contributed by atoms with van der Waals surface area (Å²) in [4.78, 5) is 0. The second kappa shape index (κ2) is 13.1. The Kier molecular flexibility index (Phi) is 10.2. The summed E-state index contributed by atoms with van der Waals surface area (Å²) in [5.74, 6) is 0.565. The first-order valence-corrected chi connectivity index (χ1v) is 14.7. The molecule has 0 radical (unpaired) electrons. The van der Waals surface area contributed by atoms with Crippen LogP contribution in [0.5, 0.6) is 5.75 Å². The molecular formula is C32H46O11. The molecule has 240 valence electrons. The van der Waals surface area contributed by atoms with Gasteiger partial charge in [0, 0.05) is 6.42 Å². The SMILES string of the molecule is Cc1cc(CC(C)c2ccc(O[C@H]3O[C@H](CO)[C@@H](O)[C@H](O)[C@]3(C)O)c(C)c2)ccc1C[C@H]1O[C@H](CO)[C@@H](O)[C@H](O)[C@]1(C)O. The van der Waals surface area contributed by atoms with Crippen LogP contribution in [0.3, 0.4) is 0 Å². The Morgan fingerprint density at radius 2 is 1.42 bits per heavy atom. The molecule has 1 unspecified atom stereocenters. The number of aliphatic hydroxyl groups excluding tert-OH is 6. The van der Waals surface area contributed by atoms with E-state index >= 15 is 0 Å². The van der Waals surface area contributed by atoms with Crippen molar-refractivity contribution in [2.24, 2.45) is 0 Å². The smallest absolute Gasteiger partial charge is 0.231 e. The van der Waals surface area contributed by atoms with Crippen LogP contribution in [0.4, 0.5) is 0 Å². The molecule has 0 amide bonds. The lowest BCUT2D eigenvalue weighted by atomic mass is 9.80. The van der Waals surface area contributed by atoms with Crippen molar-refractivity contribution < 1.29 is 55.1 Å². The Bertz CT molecular complexity index is 1250. The van der Waals surface area contributed by atoms with E-state index in [9.17, 15) is 40.9 Å². The normalized spacial score (nSPS) is 37.2. The summed E-state index contributed by atoms with van der Waals surface area (Å²) in [6.07, 6.45) is -9.06. The van der Waals surface area contributed by atoms with Gasteiger partial charge in [-0.3, -0.25) is 0 Å². The molecule has 11 atom stereocenters. The molecule has 11 nitrogen and oxygen atoms in total. The quantitative estimate of drug-likeness (QED) is 0.192. The van der Waals surface area contributed by atoms with Crippen LogP contribution < -0.4 is 4.74 Å². The molecule has 0 spiro atoms. The molecule has 43 heavy (non-hydrogen) atoms. The maximum Gasteiger partial charge on any atom is 0.231 e. The Labute approximate surface area is 251 Å². The van der Waals surface area contributed by atoms with Gasteiger partial charge in [-0.25, -0.2) is 0 Å². The number of ether oxygens (including phenoxy) is 3. The van der Waals surface area contributed by atoms with Crippen LogP contribution >= 0.6 is 0 Å². The molecule has 4 rings (SSSR count). The maximum atomic E-state index is 10.9. The highest BCUT2D eigenvalue weighted by atomic mass is 16.7. The first-order valence-electron chi connectivity index (χ1n) is 14.7. The third kappa shape index (κ3) is 6.76. The van der Waals surface area contributed by atoms with Crippen LogP contribution in [0.15, 0.2) is 36.4 Å². The van der Waals surface area contributed by atoms with Gasteiger partial charge in [-0.05, 0) is 73.9 Å². The van der Waals surface area contributed by atoms with E-state index in [1.807, 2.05) is 38.1 Å². The number of hydrogen-bond donors (Lipinski definition) is 8. The number of aryl methyl sites for hydroxylation is 2. The summed E-state index contributed by atoms with van der Waals surface area (Å²) in [6, 6.07) is 11.7. The van der Waals surface area contributed by atoms with Gasteiger partial charge in [-0.2, -0.15) is 0 Å². The Hall–Kier alpha value is -2.16.